The van der Waals surface area contributed by atoms with Crippen LogP contribution in [0.3, 0.4) is 0 Å². The number of halogens is 1. The Morgan fingerprint density at radius 1 is 1.06 bits per heavy atom. The van der Waals surface area contributed by atoms with Crippen molar-refractivity contribution in [2.75, 3.05) is 0 Å². The first-order valence-corrected chi connectivity index (χ1v) is 7.02. The molecule has 96 valence electrons. The Bertz CT molecular complexity index is 330. The number of rotatable bonds is 4. The Hall–Kier alpha value is -0.490. The molecule has 0 amide bonds. The van der Waals surface area contributed by atoms with Gasteiger partial charge in [0.1, 0.15) is 0 Å². The molecule has 1 unspecified atom stereocenters. The maximum Gasteiger partial charge on any atom is 0.0474 e. The van der Waals surface area contributed by atoms with Crippen LogP contribution in [0.5, 0.6) is 0 Å². The van der Waals surface area contributed by atoms with E-state index in [0.717, 1.165) is 0 Å². The molecule has 1 rings (SSSR count). The third-order valence-corrected chi connectivity index (χ3v) is 3.51. The molecule has 17 heavy (non-hydrogen) atoms. The van der Waals surface area contributed by atoms with E-state index in [1.54, 1.807) is 0 Å². The van der Waals surface area contributed by atoms with Gasteiger partial charge in [-0.25, -0.2) is 0 Å². The summed E-state index contributed by atoms with van der Waals surface area (Å²) < 4.78 is 0. The molecule has 0 fully saturated rings. The van der Waals surface area contributed by atoms with Gasteiger partial charge < -0.3 is 0 Å². The molecule has 0 aliphatic rings. The van der Waals surface area contributed by atoms with Crippen molar-refractivity contribution < 1.29 is 0 Å². The van der Waals surface area contributed by atoms with Gasteiger partial charge >= 0.3 is 0 Å². The van der Waals surface area contributed by atoms with Crippen molar-refractivity contribution >= 4 is 11.6 Å². The van der Waals surface area contributed by atoms with E-state index in [9.17, 15) is 0 Å². The zero-order chi connectivity index (χ0) is 13.1. The number of hydrogen-bond acceptors (Lipinski definition) is 0. The van der Waals surface area contributed by atoms with Gasteiger partial charge in [0.25, 0.3) is 0 Å². The molecule has 0 heterocycles. The van der Waals surface area contributed by atoms with Gasteiger partial charge in [-0.15, -0.1) is 11.6 Å². The lowest BCUT2D eigenvalue weighted by atomic mass is 9.76. The van der Waals surface area contributed by atoms with E-state index in [2.05, 4.69) is 58.9 Å². The summed E-state index contributed by atoms with van der Waals surface area (Å²) in [7, 11) is 0. The Labute approximate surface area is 111 Å². The van der Waals surface area contributed by atoms with Crippen LogP contribution < -0.4 is 0 Å². The van der Waals surface area contributed by atoms with Crippen LogP contribution in [0.25, 0.3) is 0 Å². The van der Waals surface area contributed by atoms with Crippen molar-refractivity contribution in [3.8, 4) is 0 Å². The fourth-order valence-electron chi connectivity index (χ4n) is 2.25. The van der Waals surface area contributed by atoms with E-state index in [0.29, 0.717) is 23.1 Å². The second-order valence-electron chi connectivity index (χ2n) is 6.49. The lowest BCUT2D eigenvalue weighted by Crippen LogP contribution is -2.16. The van der Waals surface area contributed by atoms with Gasteiger partial charge in [0.2, 0.25) is 0 Å². The summed E-state index contributed by atoms with van der Waals surface area (Å²) in [6, 6.07) is 8.79. The van der Waals surface area contributed by atoms with Gasteiger partial charge in [-0.3, -0.25) is 0 Å². The molecule has 0 spiro atoms. The number of benzene rings is 1. The molecule has 1 aromatic carbocycles. The van der Waals surface area contributed by atoms with Crippen molar-refractivity contribution in [1.29, 1.82) is 0 Å². The minimum atomic E-state index is 0.375. The van der Waals surface area contributed by atoms with Crippen LogP contribution >= 0.6 is 11.6 Å². The Morgan fingerprint density at radius 3 is 1.94 bits per heavy atom. The molecule has 0 radical (unpaired) electrons. The topological polar surface area (TPSA) is 0 Å². The van der Waals surface area contributed by atoms with E-state index in [4.69, 9.17) is 11.6 Å². The summed E-state index contributed by atoms with van der Waals surface area (Å²) in [6.45, 7) is 11.6. The van der Waals surface area contributed by atoms with E-state index in [1.165, 1.54) is 17.5 Å². The molecule has 0 saturated heterocycles. The average Bonchev–Trinajstić information content (AvgIpc) is 2.25. The van der Waals surface area contributed by atoms with Crippen LogP contribution in [-0.2, 0) is 5.88 Å². The minimum absolute atomic E-state index is 0.375. The zero-order valence-electron chi connectivity index (χ0n) is 11.8. The van der Waals surface area contributed by atoms with Gasteiger partial charge in [-0.1, -0.05) is 58.9 Å². The summed E-state index contributed by atoms with van der Waals surface area (Å²) in [5.74, 6) is 1.92. The predicted molar refractivity (Wildman–Crippen MR) is 77.7 cm³/mol. The normalized spacial score (nSPS) is 14.1. The van der Waals surface area contributed by atoms with Gasteiger partial charge in [0.05, 0.1) is 0 Å². The fraction of sp³-hybridized carbons (Fsp3) is 0.625. The SMILES string of the molecule is CC(C)C(CC(C)(C)C)c1ccc(CCl)cc1. The molecule has 0 aliphatic carbocycles. The molecule has 0 saturated carbocycles. The van der Waals surface area contributed by atoms with Gasteiger partial charge in [-0.2, -0.15) is 0 Å². The maximum atomic E-state index is 5.83. The predicted octanol–water partition coefficient (Wildman–Crippen LogP) is 5.60. The standard InChI is InChI=1S/C16H25Cl/c1-12(2)15(10-16(3,4)5)14-8-6-13(11-17)7-9-14/h6-9,12,15H,10-11H2,1-5H3. The molecule has 1 aromatic rings. The largest absolute Gasteiger partial charge is 0.122 e. The molecule has 0 aliphatic heterocycles. The first-order valence-electron chi connectivity index (χ1n) is 6.48. The smallest absolute Gasteiger partial charge is 0.0474 e. The van der Waals surface area contributed by atoms with Crippen molar-refractivity contribution in [3.63, 3.8) is 0 Å². The first-order chi connectivity index (χ1) is 7.83. The summed E-state index contributed by atoms with van der Waals surface area (Å²) in [6.07, 6.45) is 1.23. The average molecular weight is 253 g/mol. The van der Waals surface area contributed by atoms with Crippen molar-refractivity contribution in [2.45, 2.75) is 52.8 Å². The van der Waals surface area contributed by atoms with E-state index in [1.807, 2.05) is 0 Å². The molecule has 0 aromatic heterocycles. The monoisotopic (exact) mass is 252 g/mol. The zero-order valence-corrected chi connectivity index (χ0v) is 12.5. The second-order valence-corrected chi connectivity index (χ2v) is 6.76. The van der Waals surface area contributed by atoms with E-state index < -0.39 is 0 Å². The lowest BCUT2D eigenvalue weighted by Gasteiger charge is -2.29. The summed E-state index contributed by atoms with van der Waals surface area (Å²) in [5, 5.41) is 0. The highest BCUT2D eigenvalue weighted by Crippen LogP contribution is 2.36. The van der Waals surface area contributed by atoms with Crippen molar-refractivity contribution in [2.24, 2.45) is 11.3 Å². The number of alkyl halides is 1. The Morgan fingerprint density at radius 2 is 1.59 bits per heavy atom. The first kappa shape index (κ1) is 14.6. The van der Waals surface area contributed by atoms with Crippen molar-refractivity contribution in [3.05, 3.63) is 35.4 Å². The van der Waals surface area contributed by atoms with Crippen LogP contribution in [-0.4, -0.2) is 0 Å². The minimum Gasteiger partial charge on any atom is -0.122 e. The van der Waals surface area contributed by atoms with Gasteiger partial charge in [-0.05, 0) is 34.8 Å². The highest BCUT2D eigenvalue weighted by Gasteiger charge is 2.22. The highest BCUT2D eigenvalue weighted by atomic mass is 35.5. The van der Waals surface area contributed by atoms with E-state index >= 15 is 0 Å². The van der Waals surface area contributed by atoms with Gasteiger partial charge in [0.15, 0.2) is 0 Å². The molecule has 1 atom stereocenters. The van der Waals surface area contributed by atoms with Crippen LogP contribution in [0.15, 0.2) is 24.3 Å². The van der Waals surface area contributed by atoms with Gasteiger partial charge in [0, 0.05) is 5.88 Å². The van der Waals surface area contributed by atoms with Crippen LogP contribution in [0.1, 0.15) is 58.1 Å². The van der Waals surface area contributed by atoms with Crippen LogP contribution in [0.4, 0.5) is 0 Å². The second kappa shape index (κ2) is 5.91. The van der Waals surface area contributed by atoms with Crippen LogP contribution in [0.2, 0.25) is 0 Å². The maximum absolute atomic E-state index is 5.83. The molecular weight excluding hydrogens is 228 g/mol. The third-order valence-electron chi connectivity index (χ3n) is 3.20. The van der Waals surface area contributed by atoms with E-state index in [-0.39, 0.29) is 0 Å². The Balaban J connectivity index is 2.89. The quantitative estimate of drug-likeness (QED) is 0.612. The Kier molecular flexibility index (Phi) is 5.06. The molecule has 0 bridgehead atoms. The molecule has 0 nitrogen and oxygen atoms in total. The lowest BCUT2D eigenvalue weighted by molar-refractivity contribution is 0.301. The summed E-state index contributed by atoms with van der Waals surface area (Å²) in [5.41, 5.74) is 3.03. The molecular formula is C16H25Cl. The summed E-state index contributed by atoms with van der Waals surface area (Å²) >= 11 is 5.83. The summed E-state index contributed by atoms with van der Waals surface area (Å²) in [4.78, 5) is 0. The van der Waals surface area contributed by atoms with Crippen LogP contribution in [0, 0.1) is 11.3 Å². The molecule has 0 N–H and O–H groups in total. The third kappa shape index (κ3) is 4.71. The molecule has 1 heteroatoms. The highest BCUT2D eigenvalue weighted by molar-refractivity contribution is 6.17. The number of hydrogen-bond donors (Lipinski definition) is 0. The fourth-order valence-corrected chi connectivity index (χ4v) is 2.43. The van der Waals surface area contributed by atoms with Crippen molar-refractivity contribution in [1.82, 2.24) is 0 Å².